The lowest BCUT2D eigenvalue weighted by Gasteiger charge is -2.23. The number of aromatic amines is 1. The summed E-state index contributed by atoms with van der Waals surface area (Å²) in [4.78, 5) is 16.0. The molecule has 1 aromatic heterocycles. The minimum atomic E-state index is -0.713. The summed E-state index contributed by atoms with van der Waals surface area (Å²) in [7, 11) is 1.60. The Morgan fingerprint density at radius 1 is 1.21 bits per heavy atom. The van der Waals surface area contributed by atoms with Crippen molar-refractivity contribution in [3.8, 4) is 5.75 Å². The molecule has 3 rings (SSSR count). The molecule has 0 radical (unpaired) electrons. The molecule has 0 atom stereocenters. The van der Waals surface area contributed by atoms with Crippen molar-refractivity contribution in [3.63, 3.8) is 0 Å². The number of carbonyl (C=O) groups excluding carboxylic acids is 1. The van der Waals surface area contributed by atoms with Crippen LogP contribution in [-0.2, 0) is 10.2 Å². The molecule has 0 saturated carbocycles. The van der Waals surface area contributed by atoms with Crippen LogP contribution in [0.2, 0.25) is 5.02 Å². The number of carbonyl (C=O) groups is 1. The fourth-order valence-electron chi connectivity index (χ4n) is 2.73. The summed E-state index contributed by atoms with van der Waals surface area (Å²) in [6.45, 7) is 3.81. The van der Waals surface area contributed by atoms with Gasteiger partial charge < -0.3 is 15.0 Å². The molecule has 0 aliphatic carbocycles. The molecule has 0 saturated heterocycles. The number of anilines is 1. The van der Waals surface area contributed by atoms with Crippen molar-refractivity contribution in [2.45, 2.75) is 19.3 Å². The topological polar surface area (TPSA) is 54.1 Å². The predicted molar refractivity (Wildman–Crippen MR) is 98.0 cm³/mol. The van der Waals surface area contributed by atoms with Gasteiger partial charge in [-0.2, -0.15) is 0 Å². The van der Waals surface area contributed by atoms with Crippen LogP contribution in [0.3, 0.4) is 0 Å². The van der Waals surface area contributed by atoms with Gasteiger partial charge in [0.1, 0.15) is 5.75 Å². The Hall–Kier alpha value is -2.46. The van der Waals surface area contributed by atoms with Crippen LogP contribution < -0.4 is 10.1 Å². The van der Waals surface area contributed by atoms with Gasteiger partial charge in [-0.3, -0.25) is 4.79 Å². The number of amides is 1. The van der Waals surface area contributed by atoms with E-state index in [2.05, 4.69) is 10.3 Å². The highest BCUT2D eigenvalue weighted by Crippen LogP contribution is 2.33. The van der Waals surface area contributed by atoms with E-state index in [9.17, 15) is 4.79 Å². The Morgan fingerprint density at radius 3 is 2.75 bits per heavy atom. The molecular weight excluding hydrogens is 324 g/mol. The van der Waals surface area contributed by atoms with Crippen molar-refractivity contribution < 1.29 is 9.53 Å². The van der Waals surface area contributed by atoms with Gasteiger partial charge in [-0.25, -0.2) is 0 Å². The van der Waals surface area contributed by atoms with Crippen molar-refractivity contribution in [2.24, 2.45) is 0 Å². The summed E-state index contributed by atoms with van der Waals surface area (Å²) < 4.78 is 5.19. The molecule has 24 heavy (non-hydrogen) atoms. The summed E-state index contributed by atoms with van der Waals surface area (Å²) >= 11 is 6.03. The number of aromatic nitrogens is 1. The van der Waals surface area contributed by atoms with E-state index < -0.39 is 5.41 Å². The average Bonchev–Trinajstić information content (AvgIpc) is 2.98. The maximum absolute atomic E-state index is 12.9. The van der Waals surface area contributed by atoms with Crippen molar-refractivity contribution in [2.75, 3.05) is 12.4 Å². The zero-order valence-electron chi connectivity index (χ0n) is 13.8. The molecule has 3 aromatic rings. The van der Waals surface area contributed by atoms with Crippen LogP contribution in [-0.4, -0.2) is 18.0 Å². The van der Waals surface area contributed by atoms with Gasteiger partial charge in [0.15, 0.2) is 0 Å². The molecule has 1 amide bonds. The Kier molecular flexibility index (Phi) is 4.24. The first-order valence-corrected chi connectivity index (χ1v) is 8.02. The number of hydrogen-bond donors (Lipinski definition) is 2. The maximum Gasteiger partial charge on any atom is 0.234 e. The number of rotatable bonds is 4. The van der Waals surface area contributed by atoms with E-state index in [4.69, 9.17) is 16.3 Å². The fraction of sp³-hybridized carbons (Fsp3) is 0.211. The van der Waals surface area contributed by atoms with E-state index in [1.807, 2.05) is 56.4 Å². The van der Waals surface area contributed by atoms with E-state index >= 15 is 0 Å². The summed E-state index contributed by atoms with van der Waals surface area (Å²) in [5, 5.41) is 4.61. The van der Waals surface area contributed by atoms with Gasteiger partial charge in [0.25, 0.3) is 0 Å². The Morgan fingerprint density at radius 2 is 2.00 bits per heavy atom. The van der Waals surface area contributed by atoms with Crippen LogP contribution in [0, 0.1) is 0 Å². The molecule has 2 aromatic carbocycles. The van der Waals surface area contributed by atoms with E-state index in [-0.39, 0.29) is 5.91 Å². The number of halogens is 1. The quantitative estimate of drug-likeness (QED) is 0.719. The Labute approximate surface area is 145 Å². The number of benzene rings is 2. The van der Waals surface area contributed by atoms with Gasteiger partial charge in [0, 0.05) is 33.9 Å². The van der Waals surface area contributed by atoms with Crippen LogP contribution >= 0.6 is 11.6 Å². The number of hydrogen-bond acceptors (Lipinski definition) is 2. The largest absolute Gasteiger partial charge is 0.497 e. The summed E-state index contributed by atoms with van der Waals surface area (Å²) in [6, 6.07) is 12.9. The monoisotopic (exact) mass is 342 g/mol. The van der Waals surface area contributed by atoms with Crippen LogP contribution in [0.1, 0.15) is 19.4 Å². The lowest BCUT2D eigenvalue weighted by atomic mass is 9.83. The van der Waals surface area contributed by atoms with Gasteiger partial charge in [0.2, 0.25) is 5.91 Å². The Balaban J connectivity index is 1.91. The molecule has 124 valence electrons. The zero-order valence-corrected chi connectivity index (χ0v) is 14.6. The molecule has 2 N–H and O–H groups in total. The van der Waals surface area contributed by atoms with Crippen LogP contribution in [0.4, 0.5) is 5.69 Å². The van der Waals surface area contributed by atoms with Crippen molar-refractivity contribution in [3.05, 3.63) is 59.2 Å². The van der Waals surface area contributed by atoms with E-state index in [0.29, 0.717) is 16.5 Å². The lowest BCUT2D eigenvalue weighted by molar-refractivity contribution is -0.120. The first kappa shape index (κ1) is 16.4. The number of H-pyrrole nitrogens is 1. The van der Waals surface area contributed by atoms with Gasteiger partial charge in [-0.1, -0.05) is 23.7 Å². The second-order valence-electron chi connectivity index (χ2n) is 6.20. The van der Waals surface area contributed by atoms with Crippen LogP contribution in [0.25, 0.3) is 10.9 Å². The van der Waals surface area contributed by atoms with Gasteiger partial charge in [0.05, 0.1) is 12.5 Å². The smallest absolute Gasteiger partial charge is 0.234 e. The number of nitrogens with one attached hydrogen (secondary N) is 2. The summed E-state index contributed by atoms with van der Waals surface area (Å²) in [5.74, 6) is 0.610. The zero-order chi connectivity index (χ0) is 17.3. The predicted octanol–water partition coefficient (Wildman–Crippen LogP) is 4.75. The molecule has 4 nitrogen and oxygen atoms in total. The molecule has 0 spiro atoms. The second-order valence-corrected chi connectivity index (χ2v) is 6.64. The molecule has 0 unspecified atom stereocenters. The summed E-state index contributed by atoms with van der Waals surface area (Å²) in [5.41, 5.74) is 1.83. The molecule has 0 bridgehead atoms. The van der Waals surface area contributed by atoms with Crippen LogP contribution in [0.5, 0.6) is 5.75 Å². The highest BCUT2D eigenvalue weighted by molar-refractivity contribution is 6.31. The first-order valence-electron chi connectivity index (χ1n) is 7.64. The molecule has 0 fully saturated rings. The molecule has 0 aliphatic heterocycles. The minimum absolute atomic E-state index is 0.0911. The van der Waals surface area contributed by atoms with E-state index in [1.54, 1.807) is 13.2 Å². The highest BCUT2D eigenvalue weighted by atomic mass is 35.5. The minimum Gasteiger partial charge on any atom is -0.497 e. The SMILES string of the molecule is COc1cccc(NC(=O)C(C)(C)c2c[nH]c3cc(Cl)ccc23)c1. The third kappa shape index (κ3) is 2.97. The highest BCUT2D eigenvalue weighted by Gasteiger charge is 2.32. The van der Waals surface area contributed by atoms with E-state index in [0.717, 1.165) is 16.5 Å². The molecular formula is C19H19ClN2O2. The number of fused-ring (bicyclic) bond motifs is 1. The number of methoxy groups -OCH3 is 1. The van der Waals surface area contributed by atoms with Gasteiger partial charge in [-0.15, -0.1) is 0 Å². The maximum atomic E-state index is 12.9. The Bertz CT molecular complexity index is 899. The third-order valence-electron chi connectivity index (χ3n) is 4.21. The van der Waals surface area contributed by atoms with Crippen LogP contribution in [0.15, 0.2) is 48.7 Å². The molecule has 5 heteroatoms. The van der Waals surface area contributed by atoms with Crippen molar-refractivity contribution in [1.29, 1.82) is 0 Å². The summed E-state index contributed by atoms with van der Waals surface area (Å²) in [6.07, 6.45) is 1.87. The molecule has 1 heterocycles. The normalized spacial score (nSPS) is 11.5. The second kappa shape index (κ2) is 6.21. The van der Waals surface area contributed by atoms with Gasteiger partial charge >= 0.3 is 0 Å². The number of ether oxygens (including phenoxy) is 1. The fourth-order valence-corrected chi connectivity index (χ4v) is 2.90. The lowest BCUT2D eigenvalue weighted by Crippen LogP contribution is -2.34. The first-order chi connectivity index (χ1) is 11.4. The van der Waals surface area contributed by atoms with Gasteiger partial charge in [-0.05, 0) is 43.7 Å². The van der Waals surface area contributed by atoms with Crippen molar-refractivity contribution >= 4 is 34.1 Å². The third-order valence-corrected chi connectivity index (χ3v) is 4.45. The average molecular weight is 343 g/mol. The standard InChI is InChI=1S/C19H19ClN2O2/c1-19(2,16-11-21-17-9-12(20)7-8-15(16)17)18(23)22-13-5-4-6-14(10-13)24-3/h4-11,21H,1-3H3,(H,22,23). The van der Waals surface area contributed by atoms with Crippen molar-refractivity contribution in [1.82, 2.24) is 4.98 Å². The molecule has 0 aliphatic rings. The van der Waals surface area contributed by atoms with E-state index in [1.165, 1.54) is 0 Å².